The number of anilines is 1. The first-order chi connectivity index (χ1) is 11.6. The van der Waals surface area contributed by atoms with Gasteiger partial charge in [0.05, 0.1) is 5.69 Å². The van der Waals surface area contributed by atoms with Gasteiger partial charge in [-0.15, -0.1) is 0 Å². The number of hydrogen-bond donors (Lipinski definition) is 1. The molecule has 0 fully saturated rings. The molecule has 0 aliphatic rings. The van der Waals surface area contributed by atoms with Gasteiger partial charge < -0.3 is 10.1 Å². The topological polar surface area (TPSA) is 38.3 Å². The van der Waals surface area contributed by atoms with Crippen LogP contribution in [0.1, 0.15) is 36.1 Å². The van der Waals surface area contributed by atoms with E-state index < -0.39 is 0 Å². The van der Waals surface area contributed by atoms with Crippen molar-refractivity contribution in [1.29, 1.82) is 0 Å². The minimum Gasteiger partial charge on any atom is -0.489 e. The monoisotopic (exact) mass is 343 g/mol. The van der Waals surface area contributed by atoms with Crippen molar-refractivity contribution < 1.29 is 9.53 Å². The Hall–Kier alpha value is -1.94. The Labute approximate surface area is 148 Å². The number of amides is 1. The van der Waals surface area contributed by atoms with Gasteiger partial charge in [-0.2, -0.15) is 0 Å². The smallest absolute Gasteiger partial charge is 0.283 e. The van der Waals surface area contributed by atoms with Gasteiger partial charge in [0.1, 0.15) is 12.4 Å². The fourth-order valence-electron chi connectivity index (χ4n) is 2.63. The van der Waals surface area contributed by atoms with Crippen LogP contribution in [0.25, 0.3) is 0 Å². The predicted molar refractivity (Wildman–Crippen MR) is 103 cm³/mol. The number of carbonyl (C=O) groups is 1. The Morgan fingerprint density at radius 2 is 1.88 bits per heavy atom. The number of benzene rings is 2. The zero-order chi connectivity index (χ0) is 17.5. The van der Waals surface area contributed by atoms with Crippen LogP contribution in [0.15, 0.2) is 36.4 Å². The number of carbonyl (C=O) groups excluding carboxylic acids is 1. The number of rotatable bonds is 6. The molecule has 0 radical (unpaired) electrons. The third-order valence-corrected chi connectivity index (χ3v) is 4.53. The van der Waals surface area contributed by atoms with Crippen LogP contribution in [0.4, 0.5) is 10.5 Å². The Balaban J connectivity index is 2.21. The van der Waals surface area contributed by atoms with E-state index in [0.717, 1.165) is 41.0 Å². The maximum Gasteiger partial charge on any atom is 0.283 e. The van der Waals surface area contributed by atoms with Gasteiger partial charge in [0.2, 0.25) is 0 Å². The molecule has 0 saturated heterocycles. The molecule has 4 heteroatoms. The fourth-order valence-corrected chi connectivity index (χ4v) is 2.83. The summed E-state index contributed by atoms with van der Waals surface area (Å²) in [5.41, 5.74) is 5.44. The molecule has 2 rings (SSSR count). The highest BCUT2D eigenvalue weighted by Gasteiger charge is 2.11. The Morgan fingerprint density at radius 1 is 1.12 bits per heavy atom. The molecule has 0 bridgehead atoms. The highest BCUT2D eigenvalue weighted by Crippen LogP contribution is 2.26. The molecule has 128 valence electrons. The lowest BCUT2D eigenvalue weighted by atomic mass is 10.1. The second-order valence-electron chi connectivity index (χ2n) is 5.66. The zero-order valence-electron chi connectivity index (χ0n) is 14.8. The second kappa shape index (κ2) is 8.78. The third-order valence-electron chi connectivity index (χ3n) is 4.06. The van der Waals surface area contributed by atoms with Gasteiger partial charge in [0, 0.05) is 5.56 Å². The quantitative estimate of drug-likeness (QED) is 0.742. The molecule has 0 saturated carbocycles. The lowest BCUT2D eigenvalue weighted by molar-refractivity contribution is 0.269. The first-order valence-corrected chi connectivity index (χ1v) is 9.49. The molecule has 0 aromatic heterocycles. The average Bonchev–Trinajstić information content (AvgIpc) is 2.61. The molecule has 1 amide bonds. The van der Waals surface area contributed by atoms with Crippen LogP contribution in [-0.2, 0) is 19.4 Å². The summed E-state index contributed by atoms with van der Waals surface area (Å²) in [6.45, 7) is 6.73. The van der Waals surface area contributed by atoms with Gasteiger partial charge in [-0.1, -0.05) is 55.9 Å². The molecule has 2 aromatic carbocycles. The van der Waals surface area contributed by atoms with Gasteiger partial charge in [-0.05, 0) is 48.8 Å². The second-order valence-corrected chi connectivity index (χ2v) is 6.44. The molecule has 0 aliphatic heterocycles. The average molecular weight is 343 g/mol. The summed E-state index contributed by atoms with van der Waals surface area (Å²) >= 11 is 1.18. The van der Waals surface area contributed by atoms with Crippen molar-refractivity contribution in [3.8, 4) is 5.75 Å². The summed E-state index contributed by atoms with van der Waals surface area (Å²) in [6, 6.07) is 12.3. The molecule has 24 heavy (non-hydrogen) atoms. The molecule has 3 nitrogen and oxygen atoms in total. The standard InChI is InChI=1S/C20H25NO2S/c1-5-15-10-11-18(14(3)12-15)23-13-17-9-7-8-16(6-2)19(17)21-20(22)24-4/h7-12H,5-6,13H2,1-4H3,(H,21,22). The highest BCUT2D eigenvalue weighted by atomic mass is 32.2. The summed E-state index contributed by atoms with van der Waals surface area (Å²) < 4.78 is 6.02. The van der Waals surface area contributed by atoms with Crippen molar-refractivity contribution in [3.63, 3.8) is 0 Å². The van der Waals surface area contributed by atoms with E-state index in [1.807, 2.05) is 24.3 Å². The van der Waals surface area contributed by atoms with E-state index in [9.17, 15) is 4.79 Å². The van der Waals surface area contributed by atoms with Crippen molar-refractivity contribution >= 4 is 22.7 Å². The van der Waals surface area contributed by atoms with Crippen molar-refractivity contribution in [2.45, 2.75) is 40.2 Å². The molecular weight excluding hydrogens is 318 g/mol. The Bertz CT molecular complexity index is 713. The maximum absolute atomic E-state index is 11.8. The normalized spacial score (nSPS) is 10.5. The molecule has 0 spiro atoms. The van der Waals surface area contributed by atoms with Crippen LogP contribution in [0, 0.1) is 6.92 Å². The number of para-hydroxylation sites is 1. The highest BCUT2D eigenvalue weighted by molar-refractivity contribution is 8.13. The van der Waals surface area contributed by atoms with Crippen LogP contribution >= 0.6 is 11.8 Å². The summed E-state index contributed by atoms with van der Waals surface area (Å²) in [7, 11) is 0. The molecule has 2 aromatic rings. The minimum absolute atomic E-state index is 0.0550. The third kappa shape index (κ3) is 4.54. The van der Waals surface area contributed by atoms with Crippen LogP contribution < -0.4 is 10.1 Å². The van der Waals surface area contributed by atoms with E-state index in [2.05, 4.69) is 38.2 Å². The Morgan fingerprint density at radius 3 is 2.50 bits per heavy atom. The maximum atomic E-state index is 11.8. The molecule has 0 heterocycles. The molecule has 0 unspecified atom stereocenters. The molecule has 0 atom stereocenters. The van der Waals surface area contributed by atoms with Gasteiger partial charge in [0.15, 0.2) is 0 Å². The van der Waals surface area contributed by atoms with E-state index in [0.29, 0.717) is 6.61 Å². The first-order valence-electron chi connectivity index (χ1n) is 8.27. The lowest BCUT2D eigenvalue weighted by Crippen LogP contribution is -2.10. The van der Waals surface area contributed by atoms with Crippen LogP contribution in [0.2, 0.25) is 0 Å². The van der Waals surface area contributed by atoms with Crippen LogP contribution in [-0.4, -0.2) is 11.5 Å². The van der Waals surface area contributed by atoms with E-state index >= 15 is 0 Å². The SMILES string of the molecule is CCc1ccc(OCc2cccc(CC)c2NC(=O)SC)c(C)c1. The van der Waals surface area contributed by atoms with Gasteiger partial charge in [-0.25, -0.2) is 0 Å². The van der Waals surface area contributed by atoms with Gasteiger partial charge in [-0.3, -0.25) is 4.79 Å². The van der Waals surface area contributed by atoms with Crippen molar-refractivity contribution in [1.82, 2.24) is 0 Å². The summed E-state index contributed by atoms with van der Waals surface area (Å²) in [4.78, 5) is 11.8. The fraction of sp³-hybridized carbons (Fsp3) is 0.350. The number of hydrogen-bond acceptors (Lipinski definition) is 3. The van der Waals surface area contributed by atoms with Crippen molar-refractivity contribution in [3.05, 3.63) is 58.7 Å². The summed E-state index contributed by atoms with van der Waals surface area (Å²) in [6.07, 6.45) is 3.66. The molecular formula is C20H25NO2S. The minimum atomic E-state index is -0.0550. The van der Waals surface area contributed by atoms with Crippen molar-refractivity contribution in [2.75, 3.05) is 11.6 Å². The number of ether oxygens (including phenoxy) is 1. The largest absolute Gasteiger partial charge is 0.489 e. The van der Waals surface area contributed by atoms with E-state index in [1.165, 1.54) is 17.3 Å². The number of thioether (sulfide) groups is 1. The Kier molecular flexibility index (Phi) is 6.73. The van der Waals surface area contributed by atoms with Crippen molar-refractivity contribution in [2.24, 2.45) is 0 Å². The zero-order valence-corrected chi connectivity index (χ0v) is 15.6. The van der Waals surface area contributed by atoms with Gasteiger partial charge in [0.25, 0.3) is 5.24 Å². The summed E-state index contributed by atoms with van der Waals surface area (Å²) in [5, 5.41) is 2.94. The molecule has 1 N–H and O–H groups in total. The predicted octanol–water partition coefficient (Wildman–Crippen LogP) is 5.59. The number of aryl methyl sites for hydroxylation is 3. The first kappa shape index (κ1) is 18.4. The lowest BCUT2D eigenvalue weighted by Gasteiger charge is -2.16. The summed E-state index contributed by atoms with van der Waals surface area (Å²) in [5.74, 6) is 0.885. The van der Waals surface area contributed by atoms with E-state index in [4.69, 9.17) is 4.74 Å². The van der Waals surface area contributed by atoms with E-state index in [-0.39, 0.29) is 5.24 Å². The van der Waals surface area contributed by atoms with E-state index in [1.54, 1.807) is 6.26 Å². The van der Waals surface area contributed by atoms with Crippen LogP contribution in [0.3, 0.4) is 0 Å². The molecule has 0 aliphatic carbocycles. The van der Waals surface area contributed by atoms with Gasteiger partial charge >= 0.3 is 0 Å². The van der Waals surface area contributed by atoms with Crippen LogP contribution in [0.5, 0.6) is 5.75 Å². The number of nitrogens with one attached hydrogen (secondary N) is 1.